The Balaban J connectivity index is 2.30. The van der Waals surface area contributed by atoms with Gasteiger partial charge >= 0.3 is 0 Å². The molecule has 1 atom stereocenters. The maximum atomic E-state index is 5.99. The van der Waals surface area contributed by atoms with Crippen molar-refractivity contribution in [1.29, 1.82) is 0 Å². The van der Waals surface area contributed by atoms with Gasteiger partial charge in [-0.3, -0.25) is 0 Å². The average molecular weight is 185 g/mol. The quantitative estimate of drug-likeness (QED) is 0.771. The first-order valence-corrected chi connectivity index (χ1v) is 4.45. The van der Waals surface area contributed by atoms with E-state index in [4.69, 9.17) is 5.73 Å². The van der Waals surface area contributed by atoms with Gasteiger partial charge in [0, 0.05) is 12.4 Å². The molecule has 14 heavy (non-hydrogen) atoms. The molecule has 2 N–H and O–H groups in total. The maximum absolute atomic E-state index is 5.99. The van der Waals surface area contributed by atoms with Gasteiger partial charge in [0.2, 0.25) is 0 Å². The van der Waals surface area contributed by atoms with Crippen molar-refractivity contribution in [3.63, 3.8) is 0 Å². The van der Waals surface area contributed by atoms with Crippen molar-refractivity contribution >= 4 is 0 Å². The van der Waals surface area contributed by atoms with Gasteiger partial charge in [0.25, 0.3) is 0 Å². The smallest absolute Gasteiger partial charge is 0.149 e. The van der Waals surface area contributed by atoms with Gasteiger partial charge in [-0.25, -0.2) is 9.97 Å². The topological polar surface area (TPSA) is 51.8 Å². The molecule has 0 aliphatic heterocycles. The van der Waals surface area contributed by atoms with Crippen LogP contribution >= 0.6 is 0 Å². The van der Waals surface area contributed by atoms with Crippen LogP contribution in [0.3, 0.4) is 0 Å². The third kappa shape index (κ3) is 1.78. The fourth-order valence-corrected chi connectivity index (χ4v) is 1.28. The Bertz CT molecular complexity index is 346. The highest BCUT2D eigenvalue weighted by Crippen LogP contribution is 2.14. The lowest BCUT2D eigenvalue weighted by atomic mass is 10.1. The summed E-state index contributed by atoms with van der Waals surface area (Å²) in [4.78, 5) is 8.24. The van der Waals surface area contributed by atoms with Gasteiger partial charge < -0.3 is 5.73 Å². The monoisotopic (exact) mass is 185 g/mol. The largest absolute Gasteiger partial charge is 0.318 e. The van der Waals surface area contributed by atoms with Crippen LogP contribution in [-0.2, 0) is 0 Å². The maximum Gasteiger partial charge on any atom is 0.149 e. The molecular weight excluding hydrogens is 174 g/mol. The van der Waals surface area contributed by atoms with Crippen LogP contribution in [0.1, 0.15) is 17.4 Å². The van der Waals surface area contributed by atoms with Crippen LogP contribution < -0.4 is 5.73 Å². The zero-order valence-electron chi connectivity index (χ0n) is 7.67. The molecule has 2 rings (SSSR count). The van der Waals surface area contributed by atoms with Crippen molar-refractivity contribution < 1.29 is 0 Å². The van der Waals surface area contributed by atoms with E-state index >= 15 is 0 Å². The van der Waals surface area contributed by atoms with Gasteiger partial charge in [-0.2, -0.15) is 0 Å². The minimum atomic E-state index is -0.239. The molecule has 0 fully saturated rings. The van der Waals surface area contributed by atoms with Gasteiger partial charge in [0.05, 0.1) is 6.04 Å². The standard InChI is InChI=1S/C11H11N3/c12-10(9-5-2-1-3-6-9)11-13-7-4-8-14-11/h1-8,10H,12H2. The number of benzene rings is 1. The molecule has 1 unspecified atom stereocenters. The Morgan fingerprint density at radius 3 is 2.21 bits per heavy atom. The Labute approximate surface area is 82.6 Å². The number of hydrogen-bond donors (Lipinski definition) is 1. The van der Waals surface area contributed by atoms with Crippen LogP contribution in [0.5, 0.6) is 0 Å². The molecule has 0 saturated heterocycles. The molecule has 1 heterocycles. The van der Waals surface area contributed by atoms with Gasteiger partial charge in [0.1, 0.15) is 5.82 Å². The summed E-state index contributed by atoms with van der Waals surface area (Å²) in [5.41, 5.74) is 7.02. The summed E-state index contributed by atoms with van der Waals surface area (Å²) in [6.45, 7) is 0. The van der Waals surface area contributed by atoms with E-state index in [1.807, 2.05) is 30.3 Å². The highest BCUT2D eigenvalue weighted by Gasteiger charge is 2.09. The number of nitrogens with two attached hydrogens (primary N) is 1. The molecule has 3 heteroatoms. The first-order valence-electron chi connectivity index (χ1n) is 4.45. The number of aromatic nitrogens is 2. The summed E-state index contributed by atoms with van der Waals surface area (Å²) < 4.78 is 0. The Morgan fingerprint density at radius 1 is 0.929 bits per heavy atom. The molecule has 1 aromatic heterocycles. The normalized spacial score (nSPS) is 12.4. The van der Waals surface area contributed by atoms with Crippen molar-refractivity contribution in [3.8, 4) is 0 Å². The summed E-state index contributed by atoms with van der Waals surface area (Å²) in [6.07, 6.45) is 3.40. The van der Waals surface area contributed by atoms with E-state index < -0.39 is 0 Å². The van der Waals surface area contributed by atoms with Crippen LogP contribution in [-0.4, -0.2) is 9.97 Å². The molecule has 0 saturated carbocycles. The second-order valence-corrected chi connectivity index (χ2v) is 3.00. The van der Waals surface area contributed by atoms with Crippen molar-refractivity contribution in [2.45, 2.75) is 6.04 Å². The van der Waals surface area contributed by atoms with Crippen molar-refractivity contribution in [2.75, 3.05) is 0 Å². The minimum absolute atomic E-state index is 0.239. The fraction of sp³-hybridized carbons (Fsp3) is 0.0909. The second kappa shape index (κ2) is 3.98. The van der Waals surface area contributed by atoms with Gasteiger partial charge in [-0.05, 0) is 11.6 Å². The first-order chi connectivity index (χ1) is 6.88. The SMILES string of the molecule is NC(c1ccccc1)c1ncccn1. The molecule has 1 aromatic carbocycles. The molecule has 3 nitrogen and oxygen atoms in total. The summed E-state index contributed by atoms with van der Waals surface area (Å²) in [5, 5.41) is 0. The van der Waals surface area contributed by atoms with Crippen LogP contribution in [0.2, 0.25) is 0 Å². The molecule has 0 radical (unpaired) electrons. The van der Waals surface area contributed by atoms with Gasteiger partial charge in [0.15, 0.2) is 0 Å². The summed E-state index contributed by atoms with van der Waals surface area (Å²) >= 11 is 0. The lowest BCUT2D eigenvalue weighted by Crippen LogP contribution is -2.14. The lowest BCUT2D eigenvalue weighted by Gasteiger charge is -2.09. The lowest BCUT2D eigenvalue weighted by molar-refractivity contribution is 0.780. The predicted molar refractivity (Wildman–Crippen MR) is 54.5 cm³/mol. The molecule has 0 aliphatic carbocycles. The number of hydrogen-bond acceptors (Lipinski definition) is 3. The first kappa shape index (κ1) is 8.84. The van der Waals surface area contributed by atoms with Crippen molar-refractivity contribution in [1.82, 2.24) is 9.97 Å². The Morgan fingerprint density at radius 2 is 1.57 bits per heavy atom. The zero-order chi connectivity index (χ0) is 9.80. The van der Waals surface area contributed by atoms with Crippen molar-refractivity contribution in [2.24, 2.45) is 5.73 Å². The highest BCUT2D eigenvalue weighted by molar-refractivity contribution is 5.23. The number of rotatable bonds is 2. The van der Waals surface area contributed by atoms with E-state index in [2.05, 4.69) is 9.97 Å². The average Bonchev–Trinajstić information content (AvgIpc) is 2.30. The minimum Gasteiger partial charge on any atom is -0.318 e. The van der Waals surface area contributed by atoms with Crippen LogP contribution in [0.15, 0.2) is 48.8 Å². The molecule has 0 aliphatic rings. The van der Waals surface area contributed by atoms with E-state index in [-0.39, 0.29) is 6.04 Å². The van der Waals surface area contributed by atoms with E-state index in [0.717, 1.165) is 5.56 Å². The fourth-order valence-electron chi connectivity index (χ4n) is 1.28. The third-order valence-electron chi connectivity index (χ3n) is 2.02. The van der Waals surface area contributed by atoms with E-state index in [1.54, 1.807) is 18.5 Å². The molecular formula is C11H11N3. The van der Waals surface area contributed by atoms with Crippen molar-refractivity contribution in [3.05, 3.63) is 60.2 Å². The molecule has 2 aromatic rings. The molecule has 0 spiro atoms. The second-order valence-electron chi connectivity index (χ2n) is 3.00. The number of nitrogens with zero attached hydrogens (tertiary/aromatic N) is 2. The van der Waals surface area contributed by atoms with Crippen LogP contribution in [0.25, 0.3) is 0 Å². The summed E-state index contributed by atoms with van der Waals surface area (Å²) in [7, 11) is 0. The van der Waals surface area contributed by atoms with Crippen LogP contribution in [0.4, 0.5) is 0 Å². The van der Waals surface area contributed by atoms with E-state index in [0.29, 0.717) is 5.82 Å². The van der Waals surface area contributed by atoms with Gasteiger partial charge in [-0.1, -0.05) is 30.3 Å². The van der Waals surface area contributed by atoms with Gasteiger partial charge in [-0.15, -0.1) is 0 Å². The van der Waals surface area contributed by atoms with E-state index in [1.165, 1.54) is 0 Å². The predicted octanol–water partition coefficient (Wildman–Crippen LogP) is 1.52. The highest BCUT2D eigenvalue weighted by atomic mass is 14.9. The van der Waals surface area contributed by atoms with Crippen LogP contribution in [0, 0.1) is 0 Å². The third-order valence-corrected chi connectivity index (χ3v) is 2.02. The Hall–Kier alpha value is -1.74. The molecule has 0 amide bonds. The summed E-state index contributed by atoms with van der Waals surface area (Å²) in [6, 6.07) is 11.4. The Kier molecular flexibility index (Phi) is 2.51. The molecule has 70 valence electrons. The summed E-state index contributed by atoms with van der Waals surface area (Å²) in [5.74, 6) is 0.652. The zero-order valence-corrected chi connectivity index (χ0v) is 7.67. The van der Waals surface area contributed by atoms with E-state index in [9.17, 15) is 0 Å². The molecule has 0 bridgehead atoms.